The third-order valence-corrected chi connectivity index (χ3v) is 4.44. The number of hydrogen-bond donors (Lipinski definition) is 0. The summed E-state index contributed by atoms with van der Waals surface area (Å²) in [5.41, 5.74) is 2.17. The molecule has 26 heavy (non-hydrogen) atoms. The first-order valence-corrected chi connectivity index (χ1v) is 8.64. The summed E-state index contributed by atoms with van der Waals surface area (Å²) in [4.78, 5) is 12.3. The number of nitrogens with zero attached hydrogens (tertiary/aromatic N) is 2. The highest BCUT2D eigenvalue weighted by atomic mass is 79.9. The molecule has 4 aromatic rings. The fourth-order valence-electron chi connectivity index (χ4n) is 2.58. The predicted molar refractivity (Wildman–Crippen MR) is 97.5 cm³/mol. The van der Waals surface area contributed by atoms with Crippen molar-refractivity contribution in [2.75, 3.05) is 0 Å². The van der Waals surface area contributed by atoms with E-state index in [-0.39, 0.29) is 18.3 Å². The lowest BCUT2D eigenvalue weighted by Gasteiger charge is -2.00. The van der Waals surface area contributed by atoms with Gasteiger partial charge in [0.25, 0.3) is 5.89 Å². The largest absolute Gasteiger partial charge is 0.450 e. The van der Waals surface area contributed by atoms with Crippen LogP contribution in [0.25, 0.3) is 22.4 Å². The summed E-state index contributed by atoms with van der Waals surface area (Å²) in [7, 11) is 0. The molecule has 0 saturated carbocycles. The van der Waals surface area contributed by atoms with Gasteiger partial charge in [0.1, 0.15) is 5.58 Å². The Morgan fingerprint density at radius 1 is 1.08 bits per heavy atom. The zero-order valence-electron chi connectivity index (χ0n) is 13.7. The summed E-state index contributed by atoms with van der Waals surface area (Å²) in [6, 6.07) is 14.9. The zero-order valence-corrected chi connectivity index (χ0v) is 15.3. The van der Waals surface area contributed by atoms with Gasteiger partial charge in [0, 0.05) is 21.0 Å². The first-order valence-electron chi connectivity index (χ1n) is 7.85. The van der Waals surface area contributed by atoms with E-state index in [0.29, 0.717) is 11.5 Å². The Hall–Kier alpha value is -2.93. The van der Waals surface area contributed by atoms with E-state index < -0.39 is 5.97 Å². The lowest BCUT2D eigenvalue weighted by atomic mass is 10.1. The maximum atomic E-state index is 12.3. The van der Waals surface area contributed by atoms with Crippen LogP contribution in [0.3, 0.4) is 0 Å². The van der Waals surface area contributed by atoms with Crippen LogP contribution >= 0.6 is 15.9 Å². The first kappa shape index (κ1) is 16.5. The van der Waals surface area contributed by atoms with Crippen molar-refractivity contribution in [2.24, 2.45) is 0 Å². The second-order valence-corrected chi connectivity index (χ2v) is 6.55. The molecule has 4 rings (SSSR count). The number of aromatic nitrogens is 2. The van der Waals surface area contributed by atoms with Gasteiger partial charge in [0.2, 0.25) is 11.7 Å². The number of halogens is 1. The highest BCUT2D eigenvalue weighted by Gasteiger charge is 2.20. The SMILES string of the molecule is Cc1c(C(=O)OCc2nnc(-c3ccc(Br)cc3)o2)oc2ccccc12. The smallest absolute Gasteiger partial charge is 0.375 e. The van der Waals surface area contributed by atoms with Crippen molar-refractivity contribution in [1.82, 2.24) is 10.2 Å². The summed E-state index contributed by atoms with van der Waals surface area (Å²) in [6.07, 6.45) is 0. The number of carbonyl (C=O) groups excluding carboxylic acids is 1. The van der Waals surface area contributed by atoms with E-state index in [1.54, 1.807) is 0 Å². The Kier molecular flexibility index (Phi) is 4.30. The van der Waals surface area contributed by atoms with Gasteiger partial charge >= 0.3 is 5.97 Å². The fourth-order valence-corrected chi connectivity index (χ4v) is 2.85. The summed E-state index contributed by atoms with van der Waals surface area (Å²) < 4.78 is 17.3. The molecule has 0 saturated heterocycles. The molecule has 0 N–H and O–H groups in total. The lowest BCUT2D eigenvalue weighted by molar-refractivity contribution is 0.0404. The minimum absolute atomic E-state index is 0.126. The molecule has 0 radical (unpaired) electrons. The van der Waals surface area contributed by atoms with Gasteiger partial charge in [-0.15, -0.1) is 10.2 Å². The van der Waals surface area contributed by atoms with E-state index in [2.05, 4.69) is 26.1 Å². The van der Waals surface area contributed by atoms with Gasteiger partial charge < -0.3 is 13.6 Å². The molecule has 0 fully saturated rings. The van der Waals surface area contributed by atoms with Gasteiger partial charge in [0.05, 0.1) is 0 Å². The van der Waals surface area contributed by atoms with Crippen LogP contribution in [-0.2, 0) is 11.3 Å². The van der Waals surface area contributed by atoms with Crippen molar-refractivity contribution in [3.8, 4) is 11.5 Å². The maximum absolute atomic E-state index is 12.3. The quantitative estimate of drug-likeness (QED) is 0.443. The zero-order chi connectivity index (χ0) is 18.1. The number of hydrogen-bond acceptors (Lipinski definition) is 6. The Balaban J connectivity index is 1.47. The van der Waals surface area contributed by atoms with Crippen LogP contribution < -0.4 is 0 Å². The Morgan fingerprint density at radius 2 is 1.85 bits per heavy atom. The van der Waals surface area contributed by atoms with Crippen molar-refractivity contribution < 1.29 is 18.4 Å². The summed E-state index contributed by atoms with van der Waals surface area (Å²) >= 11 is 3.37. The molecule has 0 unspecified atom stereocenters. The van der Waals surface area contributed by atoms with Gasteiger partial charge in [-0.1, -0.05) is 34.1 Å². The molecule has 2 aromatic carbocycles. The van der Waals surface area contributed by atoms with E-state index in [1.807, 2.05) is 55.5 Å². The second-order valence-electron chi connectivity index (χ2n) is 5.64. The number of carbonyl (C=O) groups is 1. The van der Waals surface area contributed by atoms with Crippen molar-refractivity contribution in [2.45, 2.75) is 13.5 Å². The molecule has 0 aliphatic carbocycles. The summed E-state index contributed by atoms with van der Waals surface area (Å²) in [5.74, 6) is 0.189. The normalized spacial score (nSPS) is 11.0. The van der Waals surface area contributed by atoms with E-state index in [1.165, 1.54) is 0 Å². The topological polar surface area (TPSA) is 78.4 Å². The Labute approximate surface area is 156 Å². The number of para-hydroxylation sites is 1. The van der Waals surface area contributed by atoms with Crippen LogP contribution in [-0.4, -0.2) is 16.2 Å². The standard InChI is InChI=1S/C19H13BrN2O4/c1-11-14-4-2-3-5-15(14)25-17(11)19(23)24-10-16-21-22-18(26-16)12-6-8-13(20)9-7-12/h2-9H,10H2,1H3. The van der Waals surface area contributed by atoms with E-state index in [0.717, 1.165) is 21.0 Å². The van der Waals surface area contributed by atoms with Crippen LogP contribution in [0.15, 0.2) is 61.8 Å². The van der Waals surface area contributed by atoms with Crippen molar-refractivity contribution in [1.29, 1.82) is 0 Å². The predicted octanol–water partition coefficient (Wildman–Crippen LogP) is 4.91. The first-order chi connectivity index (χ1) is 12.6. The van der Waals surface area contributed by atoms with Crippen molar-refractivity contribution in [3.63, 3.8) is 0 Å². The molecule has 0 amide bonds. The van der Waals surface area contributed by atoms with Crippen molar-refractivity contribution >= 4 is 32.9 Å². The van der Waals surface area contributed by atoms with Crippen LogP contribution in [0.2, 0.25) is 0 Å². The number of furan rings is 1. The van der Waals surface area contributed by atoms with Gasteiger partial charge in [-0.2, -0.15) is 0 Å². The average Bonchev–Trinajstić information content (AvgIpc) is 3.26. The highest BCUT2D eigenvalue weighted by Crippen LogP contribution is 2.26. The molecule has 0 aliphatic heterocycles. The third kappa shape index (κ3) is 3.13. The molecule has 0 spiro atoms. The van der Waals surface area contributed by atoms with Crippen molar-refractivity contribution in [3.05, 3.63) is 70.2 Å². The summed E-state index contributed by atoms with van der Waals surface area (Å²) in [5, 5.41) is 8.77. The molecule has 2 aromatic heterocycles. The number of ether oxygens (including phenoxy) is 1. The number of fused-ring (bicyclic) bond motifs is 1. The Bertz CT molecular complexity index is 1080. The van der Waals surface area contributed by atoms with E-state index in [4.69, 9.17) is 13.6 Å². The minimum Gasteiger partial charge on any atom is -0.450 e. The third-order valence-electron chi connectivity index (χ3n) is 3.91. The average molecular weight is 413 g/mol. The second kappa shape index (κ2) is 6.76. The fraction of sp³-hybridized carbons (Fsp3) is 0.105. The molecule has 0 bridgehead atoms. The van der Waals surface area contributed by atoms with Gasteiger partial charge in [-0.3, -0.25) is 0 Å². The highest BCUT2D eigenvalue weighted by molar-refractivity contribution is 9.10. The van der Waals surface area contributed by atoms with E-state index >= 15 is 0 Å². The molecule has 7 heteroatoms. The lowest BCUT2D eigenvalue weighted by Crippen LogP contribution is -2.05. The minimum atomic E-state index is -0.568. The van der Waals surface area contributed by atoms with Crippen LogP contribution in [0.1, 0.15) is 22.0 Å². The number of aryl methyl sites for hydroxylation is 1. The summed E-state index contributed by atoms with van der Waals surface area (Å²) in [6.45, 7) is 1.69. The molecular formula is C19H13BrN2O4. The van der Waals surface area contributed by atoms with Crippen LogP contribution in [0, 0.1) is 6.92 Å². The van der Waals surface area contributed by atoms with Gasteiger partial charge in [-0.25, -0.2) is 4.79 Å². The molecular weight excluding hydrogens is 400 g/mol. The number of benzene rings is 2. The van der Waals surface area contributed by atoms with Crippen LogP contribution in [0.5, 0.6) is 0 Å². The molecule has 0 atom stereocenters. The van der Waals surface area contributed by atoms with E-state index in [9.17, 15) is 4.79 Å². The van der Waals surface area contributed by atoms with Gasteiger partial charge in [-0.05, 0) is 37.3 Å². The van der Waals surface area contributed by atoms with Gasteiger partial charge in [0.15, 0.2) is 6.61 Å². The molecule has 0 aliphatic rings. The number of rotatable bonds is 4. The molecule has 2 heterocycles. The van der Waals surface area contributed by atoms with Crippen LogP contribution in [0.4, 0.5) is 0 Å². The molecule has 6 nitrogen and oxygen atoms in total. The monoisotopic (exact) mass is 412 g/mol. The number of esters is 1. The maximum Gasteiger partial charge on any atom is 0.375 e. The Morgan fingerprint density at radius 3 is 2.62 bits per heavy atom. The molecule has 130 valence electrons.